The highest BCUT2D eigenvalue weighted by molar-refractivity contribution is 7.89. The van der Waals surface area contributed by atoms with E-state index in [2.05, 4.69) is 10.1 Å². The second-order valence-electron chi connectivity index (χ2n) is 2.65. The minimum atomic E-state index is -4.64. The van der Waals surface area contributed by atoms with Crippen molar-refractivity contribution in [2.24, 2.45) is 5.14 Å². The van der Waals surface area contributed by atoms with Gasteiger partial charge in [-0.15, -0.1) is 0 Å². The Morgan fingerprint density at radius 1 is 1.50 bits per heavy atom. The summed E-state index contributed by atoms with van der Waals surface area (Å²) in [6.07, 6.45) is -2.55. The van der Waals surface area contributed by atoms with E-state index in [1.54, 1.807) is 0 Å². The summed E-state index contributed by atoms with van der Waals surface area (Å²) in [7, 11) is -4.64. The highest BCUT2D eigenvalue weighted by Crippen LogP contribution is 2.30. The molecule has 0 aliphatic carbocycles. The van der Waals surface area contributed by atoms with Gasteiger partial charge in [-0.05, 0) is 0 Å². The van der Waals surface area contributed by atoms with Crippen LogP contribution < -0.4 is 5.14 Å². The van der Waals surface area contributed by atoms with E-state index in [1.807, 2.05) is 0 Å². The number of sulfonamides is 1. The lowest BCUT2D eigenvalue weighted by molar-refractivity contribution is -0.388. The highest BCUT2D eigenvalue weighted by Gasteiger charge is 2.31. The standard InChI is InChI=1S/C6H5F2N3O4S/c7-6(8)4-5(16(9,14)15)3(11(12)13)1-2-10-4/h1-2,6H,(H2,9,14,15). The first kappa shape index (κ1) is 12.4. The molecule has 16 heavy (non-hydrogen) atoms. The molecule has 0 fully saturated rings. The number of pyridine rings is 1. The normalized spacial score (nSPS) is 11.8. The minimum Gasteiger partial charge on any atom is -0.258 e. The molecule has 0 aromatic carbocycles. The molecule has 1 heterocycles. The van der Waals surface area contributed by atoms with Crippen molar-refractivity contribution in [2.45, 2.75) is 11.3 Å². The van der Waals surface area contributed by atoms with Gasteiger partial charge < -0.3 is 0 Å². The zero-order chi connectivity index (χ0) is 12.5. The Bertz CT molecular complexity index is 531. The van der Waals surface area contributed by atoms with Gasteiger partial charge in [0, 0.05) is 12.3 Å². The van der Waals surface area contributed by atoms with Crippen LogP contribution in [0.15, 0.2) is 17.2 Å². The van der Waals surface area contributed by atoms with Crippen LogP contribution in [0.1, 0.15) is 12.1 Å². The smallest absolute Gasteiger partial charge is 0.258 e. The summed E-state index contributed by atoms with van der Waals surface area (Å²) in [6.45, 7) is 0. The molecule has 0 saturated heterocycles. The molecule has 88 valence electrons. The van der Waals surface area contributed by atoms with Crippen molar-refractivity contribution >= 4 is 15.7 Å². The molecule has 2 N–H and O–H groups in total. The van der Waals surface area contributed by atoms with E-state index in [9.17, 15) is 27.3 Å². The summed E-state index contributed by atoms with van der Waals surface area (Å²) in [4.78, 5) is 11.2. The van der Waals surface area contributed by atoms with Gasteiger partial charge in [-0.3, -0.25) is 15.1 Å². The molecule has 0 aliphatic rings. The third-order valence-electron chi connectivity index (χ3n) is 1.60. The van der Waals surface area contributed by atoms with Gasteiger partial charge in [0.15, 0.2) is 4.90 Å². The third-order valence-corrected chi connectivity index (χ3v) is 2.59. The minimum absolute atomic E-state index is 0.686. The zero-order valence-corrected chi connectivity index (χ0v) is 8.32. The predicted octanol–water partition coefficient (Wildman–Crippen LogP) is 0.575. The number of hydrogen-bond acceptors (Lipinski definition) is 5. The maximum Gasteiger partial charge on any atom is 0.293 e. The van der Waals surface area contributed by atoms with E-state index < -0.39 is 37.6 Å². The summed E-state index contributed by atoms with van der Waals surface area (Å²) in [5.41, 5.74) is -2.25. The lowest BCUT2D eigenvalue weighted by Gasteiger charge is -2.05. The van der Waals surface area contributed by atoms with Crippen molar-refractivity contribution in [1.82, 2.24) is 4.98 Å². The number of aromatic nitrogens is 1. The largest absolute Gasteiger partial charge is 0.293 e. The maximum absolute atomic E-state index is 12.4. The fraction of sp³-hybridized carbons (Fsp3) is 0.167. The fourth-order valence-corrected chi connectivity index (χ4v) is 1.91. The van der Waals surface area contributed by atoms with Crippen LogP contribution in [0, 0.1) is 10.1 Å². The lowest BCUT2D eigenvalue weighted by atomic mass is 10.3. The summed E-state index contributed by atoms with van der Waals surface area (Å²) in [6, 6.07) is 0.686. The molecule has 0 aliphatic heterocycles. The number of nitrogens with zero attached hydrogens (tertiary/aromatic N) is 2. The van der Waals surface area contributed by atoms with Crippen LogP contribution in [0.25, 0.3) is 0 Å². The molecule has 1 aromatic heterocycles. The Morgan fingerprint density at radius 2 is 2.06 bits per heavy atom. The second-order valence-corrected chi connectivity index (χ2v) is 4.15. The average molecular weight is 253 g/mol. The van der Waals surface area contributed by atoms with Gasteiger partial charge in [-0.2, -0.15) is 0 Å². The number of alkyl halides is 2. The van der Waals surface area contributed by atoms with Gasteiger partial charge in [0.2, 0.25) is 10.0 Å². The van der Waals surface area contributed by atoms with Gasteiger partial charge >= 0.3 is 0 Å². The number of primary sulfonamides is 1. The molecule has 7 nitrogen and oxygen atoms in total. The Morgan fingerprint density at radius 3 is 2.44 bits per heavy atom. The molecule has 0 radical (unpaired) electrons. The number of nitrogens with two attached hydrogens (primary N) is 1. The molecule has 1 aromatic rings. The lowest BCUT2D eigenvalue weighted by Crippen LogP contribution is -2.17. The van der Waals surface area contributed by atoms with E-state index in [0.717, 1.165) is 0 Å². The SMILES string of the molecule is NS(=O)(=O)c1c([N+](=O)[O-])ccnc1C(F)F. The van der Waals surface area contributed by atoms with Crippen molar-refractivity contribution in [3.63, 3.8) is 0 Å². The number of rotatable bonds is 3. The van der Waals surface area contributed by atoms with Crippen LogP contribution in [0.2, 0.25) is 0 Å². The molecule has 10 heteroatoms. The first-order valence-electron chi connectivity index (χ1n) is 3.69. The topological polar surface area (TPSA) is 116 Å². The fourth-order valence-electron chi connectivity index (χ4n) is 1.04. The zero-order valence-electron chi connectivity index (χ0n) is 7.50. The average Bonchev–Trinajstić information content (AvgIpc) is 2.15. The molecular weight excluding hydrogens is 248 g/mol. The molecule has 0 saturated carbocycles. The molecule has 0 spiro atoms. The Balaban J connectivity index is 3.68. The van der Waals surface area contributed by atoms with E-state index in [4.69, 9.17) is 0 Å². The van der Waals surface area contributed by atoms with E-state index in [1.165, 1.54) is 0 Å². The summed E-state index contributed by atoms with van der Waals surface area (Å²) in [5, 5.41) is 15.1. The van der Waals surface area contributed by atoms with Crippen LogP contribution >= 0.6 is 0 Å². The monoisotopic (exact) mass is 253 g/mol. The Labute approximate surface area is 88.1 Å². The number of hydrogen-bond donors (Lipinski definition) is 1. The van der Waals surface area contributed by atoms with Crippen molar-refractivity contribution < 1.29 is 22.1 Å². The third kappa shape index (κ3) is 2.28. The van der Waals surface area contributed by atoms with E-state index in [0.29, 0.717) is 12.3 Å². The van der Waals surface area contributed by atoms with Crippen LogP contribution in [0.3, 0.4) is 0 Å². The van der Waals surface area contributed by atoms with Crippen LogP contribution in [-0.4, -0.2) is 18.3 Å². The van der Waals surface area contributed by atoms with Crippen LogP contribution in [0.4, 0.5) is 14.5 Å². The Hall–Kier alpha value is -1.68. The van der Waals surface area contributed by atoms with Gasteiger partial charge in [0.25, 0.3) is 12.1 Å². The summed E-state index contributed by atoms with van der Waals surface area (Å²) in [5.74, 6) is 0. The van der Waals surface area contributed by atoms with Crippen molar-refractivity contribution in [2.75, 3.05) is 0 Å². The molecule has 1 rings (SSSR count). The first-order chi connectivity index (χ1) is 7.25. The van der Waals surface area contributed by atoms with E-state index in [-0.39, 0.29) is 0 Å². The van der Waals surface area contributed by atoms with Crippen molar-refractivity contribution in [1.29, 1.82) is 0 Å². The van der Waals surface area contributed by atoms with Crippen molar-refractivity contribution in [3.8, 4) is 0 Å². The second kappa shape index (κ2) is 4.06. The molecule has 0 bridgehead atoms. The Kier molecular flexibility index (Phi) is 3.14. The molecule has 0 amide bonds. The first-order valence-corrected chi connectivity index (χ1v) is 5.24. The molecule has 0 unspecified atom stereocenters. The maximum atomic E-state index is 12.4. The van der Waals surface area contributed by atoms with Crippen LogP contribution in [-0.2, 0) is 10.0 Å². The number of nitro groups is 1. The number of halogens is 2. The summed E-state index contributed by atoms with van der Waals surface area (Å²) < 4.78 is 46.8. The van der Waals surface area contributed by atoms with Crippen LogP contribution in [0.5, 0.6) is 0 Å². The van der Waals surface area contributed by atoms with E-state index >= 15 is 0 Å². The van der Waals surface area contributed by atoms with Gasteiger partial charge in [-0.25, -0.2) is 22.3 Å². The molecular formula is C6H5F2N3O4S. The van der Waals surface area contributed by atoms with Crippen molar-refractivity contribution in [3.05, 3.63) is 28.1 Å². The highest BCUT2D eigenvalue weighted by atomic mass is 32.2. The van der Waals surface area contributed by atoms with Gasteiger partial charge in [0.1, 0.15) is 5.69 Å². The summed E-state index contributed by atoms with van der Waals surface area (Å²) >= 11 is 0. The van der Waals surface area contributed by atoms with Gasteiger partial charge in [-0.1, -0.05) is 0 Å². The predicted molar refractivity (Wildman–Crippen MR) is 47.2 cm³/mol. The van der Waals surface area contributed by atoms with Gasteiger partial charge in [0.05, 0.1) is 4.92 Å². The quantitative estimate of drug-likeness (QED) is 0.624. The molecule has 0 atom stereocenters.